The zero-order chi connectivity index (χ0) is 22.0. The molecule has 2 aromatic rings. The number of phenolic OH excluding ortho intramolecular Hbond substituents is 1. The highest BCUT2D eigenvalue weighted by atomic mass is 32.2. The van der Waals surface area contributed by atoms with E-state index in [2.05, 4.69) is 16.2 Å². The van der Waals surface area contributed by atoms with Crippen molar-refractivity contribution in [2.24, 2.45) is 0 Å². The molecule has 8 nitrogen and oxygen atoms in total. The molecule has 0 saturated carbocycles. The molecule has 0 aromatic heterocycles. The summed E-state index contributed by atoms with van der Waals surface area (Å²) in [5.74, 6) is 0.00198. The second-order valence-electron chi connectivity index (χ2n) is 8.12. The van der Waals surface area contributed by atoms with Crippen molar-refractivity contribution in [2.75, 3.05) is 18.4 Å². The fourth-order valence-corrected chi connectivity index (χ4v) is 5.61. The molecule has 166 valence electrons. The molecule has 2 atom stereocenters. The lowest BCUT2D eigenvalue weighted by Gasteiger charge is -2.25. The number of nitrogens with one attached hydrogen (secondary N) is 3. The molecule has 2 heterocycles. The maximum absolute atomic E-state index is 12.8. The van der Waals surface area contributed by atoms with Crippen LogP contribution >= 0.6 is 0 Å². The zero-order valence-electron chi connectivity index (χ0n) is 17.5. The number of rotatable bonds is 5. The van der Waals surface area contributed by atoms with Crippen molar-refractivity contribution in [3.05, 3.63) is 53.6 Å². The lowest BCUT2D eigenvalue weighted by Crippen LogP contribution is -2.39. The normalized spacial score (nSPS) is 22.4. The van der Waals surface area contributed by atoms with Crippen LogP contribution < -0.4 is 16.2 Å². The van der Waals surface area contributed by atoms with Gasteiger partial charge in [0.2, 0.25) is 15.9 Å². The molecule has 4 N–H and O–H groups in total. The average molecular weight is 445 g/mol. The number of carbonyl (C=O) groups excluding carboxylic acids is 1. The third kappa shape index (κ3) is 4.59. The molecule has 2 unspecified atom stereocenters. The molecule has 2 saturated heterocycles. The highest BCUT2D eigenvalue weighted by Crippen LogP contribution is 2.32. The Bertz CT molecular complexity index is 1050. The van der Waals surface area contributed by atoms with Crippen molar-refractivity contribution in [2.45, 2.75) is 49.6 Å². The maximum Gasteiger partial charge on any atom is 0.243 e. The zero-order valence-corrected chi connectivity index (χ0v) is 18.3. The average Bonchev–Trinajstić information content (AvgIpc) is 3.27. The molecule has 2 aliphatic heterocycles. The second-order valence-corrected chi connectivity index (χ2v) is 10.1. The van der Waals surface area contributed by atoms with Crippen LogP contribution in [0.25, 0.3) is 0 Å². The summed E-state index contributed by atoms with van der Waals surface area (Å²) in [6, 6.07) is 11.2. The SMILES string of the molecule is Cc1cccc(C2CC(C(=O)Nc3ccc(S(=O)(=O)N4CCCCC4)cc3)NN2)c1O. The van der Waals surface area contributed by atoms with Crippen molar-refractivity contribution in [3.63, 3.8) is 0 Å². The quantitative estimate of drug-likeness (QED) is 0.564. The van der Waals surface area contributed by atoms with E-state index in [4.69, 9.17) is 0 Å². The number of para-hydroxylation sites is 1. The van der Waals surface area contributed by atoms with Crippen molar-refractivity contribution in [1.29, 1.82) is 0 Å². The largest absolute Gasteiger partial charge is 0.507 e. The topological polar surface area (TPSA) is 111 Å². The number of benzene rings is 2. The first-order valence-corrected chi connectivity index (χ1v) is 12.0. The van der Waals surface area contributed by atoms with Gasteiger partial charge in [0.1, 0.15) is 11.8 Å². The number of anilines is 1. The van der Waals surface area contributed by atoms with Crippen LogP contribution in [0.1, 0.15) is 42.9 Å². The minimum absolute atomic E-state index is 0.187. The Morgan fingerprint density at radius 3 is 2.48 bits per heavy atom. The van der Waals surface area contributed by atoms with Crippen LogP contribution in [-0.2, 0) is 14.8 Å². The molecule has 31 heavy (non-hydrogen) atoms. The van der Waals surface area contributed by atoms with E-state index in [0.717, 1.165) is 30.4 Å². The van der Waals surface area contributed by atoms with Crippen LogP contribution in [0.2, 0.25) is 0 Å². The van der Waals surface area contributed by atoms with Crippen molar-refractivity contribution < 1.29 is 18.3 Å². The summed E-state index contributed by atoms with van der Waals surface area (Å²) < 4.78 is 27.0. The molecule has 1 amide bonds. The van der Waals surface area contributed by atoms with Gasteiger partial charge in [0.05, 0.1) is 10.9 Å². The molecule has 2 aromatic carbocycles. The number of nitrogens with zero attached hydrogens (tertiary/aromatic N) is 1. The van der Waals surface area contributed by atoms with Crippen molar-refractivity contribution >= 4 is 21.6 Å². The number of aromatic hydroxyl groups is 1. The van der Waals surface area contributed by atoms with Gasteiger partial charge >= 0.3 is 0 Å². The number of aryl methyl sites for hydroxylation is 1. The van der Waals surface area contributed by atoms with Crippen LogP contribution in [0.15, 0.2) is 47.4 Å². The lowest BCUT2D eigenvalue weighted by molar-refractivity contribution is -0.117. The van der Waals surface area contributed by atoms with Gasteiger partial charge in [-0.2, -0.15) is 4.31 Å². The van der Waals surface area contributed by atoms with Gasteiger partial charge in [0, 0.05) is 24.3 Å². The highest BCUT2D eigenvalue weighted by molar-refractivity contribution is 7.89. The lowest BCUT2D eigenvalue weighted by atomic mass is 9.99. The molecule has 2 aliphatic rings. The molecule has 2 fully saturated rings. The third-order valence-electron chi connectivity index (χ3n) is 5.94. The summed E-state index contributed by atoms with van der Waals surface area (Å²) in [5, 5.41) is 13.1. The molecule has 0 spiro atoms. The number of hydrazine groups is 1. The van der Waals surface area contributed by atoms with Gasteiger partial charge in [0.25, 0.3) is 0 Å². The monoisotopic (exact) mass is 444 g/mol. The van der Waals surface area contributed by atoms with Gasteiger partial charge in [-0.05, 0) is 56.0 Å². The van der Waals surface area contributed by atoms with Crippen molar-refractivity contribution in [3.8, 4) is 5.75 Å². The standard InChI is InChI=1S/C22H28N4O4S/c1-15-6-5-7-18(21(15)27)19-14-20(25-24-19)22(28)23-16-8-10-17(11-9-16)31(29,30)26-12-3-2-4-13-26/h5-11,19-20,24-25,27H,2-4,12-14H2,1H3,(H,23,28). The van der Waals surface area contributed by atoms with Crippen LogP contribution in [-0.4, -0.2) is 42.9 Å². The summed E-state index contributed by atoms with van der Waals surface area (Å²) in [7, 11) is -3.49. The van der Waals surface area contributed by atoms with Crippen LogP contribution in [0.3, 0.4) is 0 Å². The molecule has 4 rings (SSSR count). The number of piperidine rings is 1. The molecule has 0 aliphatic carbocycles. The van der Waals surface area contributed by atoms with Gasteiger partial charge in [-0.1, -0.05) is 24.6 Å². The Hall–Kier alpha value is -2.46. The number of hydrogen-bond acceptors (Lipinski definition) is 6. The van der Waals surface area contributed by atoms with E-state index in [1.54, 1.807) is 12.1 Å². The Balaban J connectivity index is 1.38. The van der Waals surface area contributed by atoms with Gasteiger partial charge < -0.3 is 10.4 Å². The first kappa shape index (κ1) is 21.8. The van der Waals surface area contributed by atoms with Gasteiger partial charge in [-0.15, -0.1) is 0 Å². The number of phenols is 1. The van der Waals surface area contributed by atoms with E-state index >= 15 is 0 Å². The molecule has 0 radical (unpaired) electrons. The van der Waals surface area contributed by atoms with Gasteiger partial charge in [-0.3, -0.25) is 4.79 Å². The van der Waals surface area contributed by atoms with E-state index in [-0.39, 0.29) is 22.6 Å². The smallest absolute Gasteiger partial charge is 0.243 e. The predicted octanol–water partition coefficient (Wildman–Crippen LogP) is 2.42. The van der Waals surface area contributed by atoms with Crippen molar-refractivity contribution in [1.82, 2.24) is 15.2 Å². The first-order chi connectivity index (χ1) is 14.9. The fourth-order valence-electron chi connectivity index (χ4n) is 4.09. The summed E-state index contributed by atoms with van der Waals surface area (Å²) >= 11 is 0. The highest BCUT2D eigenvalue weighted by Gasteiger charge is 2.32. The minimum Gasteiger partial charge on any atom is -0.507 e. The number of sulfonamides is 1. The summed E-state index contributed by atoms with van der Waals surface area (Å²) in [6.07, 6.45) is 3.31. The molecule has 0 bridgehead atoms. The number of carbonyl (C=O) groups is 1. The Labute approximate surface area is 182 Å². The van der Waals surface area contributed by atoms with Gasteiger partial charge in [-0.25, -0.2) is 19.3 Å². The van der Waals surface area contributed by atoms with E-state index in [1.165, 1.54) is 16.4 Å². The van der Waals surface area contributed by atoms with E-state index in [0.29, 0.717) is 25.2 Å². The first-order valence-electron chi connectivity index (χ1n) is 10.6. The Kier molecular flexibility index (Phi) is 6.29. The summed E-state index contributed by atoms with van der Waals surface area (Å²) in [4.78, 5) is 12.9. The van der Waals surface area contributed by atoms with Crippen LogP contribution in [0, 0.1) is 6.92 Å². The Morgan fingerprint density at radius 2 is 1.77 bits per heavy atom. The Morgan fingerprint density at radius 1 is 1.06 bits per heavy atom. The maximum atomic E-state index is 12.8. The molecular formula is C22H28N4O4S. The second kappa shape index (κ2) is 8.96. The van der Waals surface area contributed by atoms with E-state index in [1.807, 2.05) is 25.1 Å². The predicted molar refractivity (Wildman–Crippen MR) is 118 cm³/mol. The number of amides is 1. The van der Waals surface area contributed by atoms with Crippen LogP contribution in [0.4, 0.5) is 5.69 Å². The van der Waals surface area contributed by atoms with E-state index < -0.39 is 16.1 Å². The number of hydrogen-bond donors (Lipinski definition) is 4. The van der Waals surface area contributed by atoms with Gasteiger partial charge in [0.15, 0.2) is 0 Å². The molecular weight excluding hydrogens is 416 g/mol. The van der Waals surface area contributed by atoms with Crippen LogP contribution in [0.5, 0.6) is 5.75 Å². The summed E-state index contributed by atoms with van der Waals surface area (Å²) in [6.45, 7) is 2.94. The molecule has 9 heteroatoms. The minimum atomic E-state index is -3.49. The summed E-state index contributed by atoms with van der Waals surface area (Å²) in [5.41, 5.74) is 8.11. The third-order valence-corrected chi connectivity index (χ3v) is 7.85. The fraction of sp³-hybridized carbons (Fsp3) is 0.409. The van der Waals surface area contributed by atoms with E-state index in [9.17, 15) is 18.3 Å².